The minimum Gasteiger partial charge on any atom is -0.385 e. The van der Waals surface area contributed by atoms with Gasteiger partial charge in [0.15, 0.2) is 5.82 Å². The van der Waals surface area contributed by atoms with E-state index in [4.69, 9.17) is 0 Å². The molecule has 0 fully saturated rings. The minimum atomic E-state index is 0. The molecule has 1 N–H and O–H groups in total. The van der Waals surface area contributed by atoms with E-state index in [2.05, 4.69) is 10.3 Å². The Labute approximate surface area is 79.2 Å². The number of halogens is 1. The first kappa shape index (κ1) is 11.0. The molecule has 0 saturated carbocycles. The van der Waals surface area contributed by atoms with Crippen molar-refractivity contribution in [1.82, 2.24) is 4.98 Å². The lowest BCUT2D eigenvalue weighted by Gasteiger charge is -2.14. The van der Waals surface area contributed by atoms with Gasteiger partial charge in [0.05, 0.1) is 5.69 Å². The Hall–Kier alpha value is -0.960. The summed E-state index contributed by atoms with van der Waals surface area (Å²) in [7, 11) is 5.84. The Morgan fingerprint density at radius 3 is 2.50 bits per heavy atom. The molecule has 0 aliphatic rings. The van der Waals surface area contributed by atoms with Gasteiger partial charge >= 0.3 is 0 Å². The van der Waals surface area contributed by atoms with Crippen LogP contribution in [0.3, 0.4) is 0 Å². The highest BCUT2D eigenvalue weighted by Crippen LogP contribution is 2.18. The van der Waals surface area contributed by atoms with Crippen molar-refractivity contribution in [2.45, 2.75) is 0 Å². The van der Waals surface area contributed by atoms with E-state index in [1.807, 2.05) is 38.2 Å². The second-order valence-corrected chi connectivity index (χ2v) is 2.52. The Morgan fingerprint density at radius 1 is 1.42 bits per heavy atom. The number of hydrogen-bond acceptors (Lipinski definition) is 3. The SMILES string of the molecule is CNc1cccnc1N(C)C.Cl. The Morgan fingerprint density at radius 2 is 2.08 bits per heavy atom. The predicted molar refractivity (Wildman–Crippen MR) is 55.4 cm³/mol. The number of pyridine rings is 1. The van der Waals surface area contributed by atoms with Gasteiger partial charge in [-0.15, -0.1) is 12.4 Å². The molecule has 0 saturated heterocycles. The van der Waals surface area contributed by atoms with E-state index in [9.17, 15) is 0 Å². The largest absolute Gasteiger partial charge is 0.385 e. The van der Waals surface area contributed by atoms with Gasteiger partial charge in [0.1, 0.15) is 0 Å². The first-order valence-electron chi connectivity index (χ1n) is 3.56. The van der Waals surface area contributed by atoms with Gasteiger partial charge in [-0.25, -0.2) is 4.98 Å². The van der Waals surface area contributed by atoms with Crippen LogP contribution < -0.4 is 10.2 Å². The Bertz CT molecular complexity index is 237. The molecule has 1 rings (SSSR count). The van der Waals surface area contributed by atoms with Crippen molar-refractivity contribution < 1.29 is 0 Å². The molecule has 0 aliphatic heterocycles. The molecule has 1 aromatic heterocycles. The monoisotopic (exact) mass is 187 g/mol. The van der Waals surface area contributed by atoms with E-state index in [1.165, 1.54) is 0 Å². The van der Waals surface area contributed by atoms with Crippen LogP contribution in [0.1, 0.15) is 0 Å². The maximum atomic E-state index is 4.21. The summed E-state index contributed by atoms with van der Waals surface area (Å²) in [6.07, 6.45) is 1.79. The van der Waals surface area contributed by atoms with Crippen molar-refractivity contribution in [3.8, 4) is 0 Å². The molecule has 3 nitrogen and oxygen atoms in total. The Kier molecular flexibility index (Phi) is 4.44. The number of nitrogens with zero attached hydrogens (tertiary/aromatic N) is 2. The fourth-order valence-corrected chi connectivity index (χ4v) is 0.948. The van der Waals surface area contributed by atoms with Crippen LogP contribution in [0.4, 0.5) is 11.5 Å². The van der Waals surface area contributed by atoms with Crippen LogP contribution in [0, 0.1) is 0 Å². The summed E-state index contributed by atoms with van der Waals surface area (Å²) in [6, 6.07) is 3.92. The van der Waals surface area contributed by atoms with Gasteiger partial charge in [-0.3, -0.25) is 0 Å². The molecule has 12 heavy (non-hydrogen) atoms. The summed E-state index contributed by atoms with van der Waals surface area (Å²) < 4.78 is 0. The summed E-state index contributed by atoms with van der Waals surface area (Å²) >= 11 is 0. The highest BCUT2D eigenvalue weighted by atomic mass is 35.5. The van der Waals surface area contributed by atoms with Crippen molar-refractivity contribution >= 4 is 23.9 Å². The lowest BCUT2D eigenvalue weighted by Crippen LogP contribution is -2.12. The molecule has 0 bridgehead atoms. The number of rotatable bonds is 2. The molecular formula is C8H14ClN3. The van der Waals surface area contributed by atoms with E-state index in [0.29, 0.717) is 0 Å². The smallest absolute Gasteiger partial charge is 0.151 e. The second-order valence-electron chi connectivity index (χ2n) is 2.52. The highest BCUT2D eigenvalue weighted by Gasteiger charge is 2.00. The number of nitrogens with one attached hydrogen (secondary N) is 1. The average molecular weight is 188 g/mol. The van der Waals surface area contributed by atoms with Crippen molar-refractivity contribution in [3.63, 3.8) is 0 Å². The lowest BCUT2D eigenvalue weighted by molar-refractivity contribution is 1.07. The fourth-order valence-electron chi connectivity index (χ4n) is 0.948. The normalized spacial score (nSPS) is 8.58. The topological polar surface area (TPSA) is 28.2 Å². The number of aromatic nitrogens is 1. The standard InChI is InChI=1S/C8H13N3.ClH/c1-9-7-5-4-6-10-8(7)11(2)3;/h4-6,9H,1-3H3;1H. The van der Waals surface area contributed by atoms with Gasteiger partial charge in [-0.2, -0.15) is 0 Å². The van der Waals surface area contributed by atoms with Crippen molar-refractivity contribution in [1.29, 1.82) is 0 Å². The van der Waals surface area contributed by atoms with Gasteiger partial charge in [-0.1, -0.05) is 0 Å². The first-order valence-corrected chi connectivity index (χ1v) is 3.56. The zero-order chi connectivity index (χ0) is 8.27. The predicted octanol–water partition coefficient (Wildman–Crippen LogP) is 1.61. The fraction of sp³-hybridized carbons (Fsp3) is 0.375. The number of anilines is 2. The third kappa shape index (κ3) is 2.27. The van der Waals surface area contributed by atoms with E-state index in [1.54, 1.807) is 6.20 Å². The third-order valence-electron chi connectivity index (χ3n) is 1.48. The first-order chi connectivity index (χ1) is 5.25. The molecule has 4 heteroatoms. The molecular weight excluding hydrogens is 174 g/mol. The van der Waals surface area contributed by atoms with E-state index < -0.39 is 0 Å². The zero-order valence-electron chi connectivity index (χ0n) is 7.53. The molecule has 1 aromatic rings. The van der Waals surface area contributed by atoms with Crippen LogP contribution in [-0.2, 0) is 0 Å². The third-order valence-corrected chi connectivity index (χ3v) is 1.48. The molecule has 0 atom stereocenters. The maximum absolute atomic E-state index is 4.21. The van der Waals surface area contributed by atoms with Crippen molar-refractivity contribution in [2.24, 2.45) is 0 Å². The van der Waals surface area contributed by atoms with Crippen LogP contribution in [0.5, 0.6) is 0 Å². The van der Waals surface area contributed by atoms with E-state index in [0.717, 1.165) is 11.5 Å². The van der Waals surface area contributed by atoms with Crippen LogP contribution in [0.25, 0.3) is 0 Å². The van der Waals surface area contributed by atoms with Crippen LogP contribution in [0.2, 0.25) is 0 Å². The Balaban J connectivity index is 0.00000121. The maximum Gasteiger partial charge on any atom is 0.151 e. The van der Waals surface area contributed by atoms with Crippen LogP contribution in [0.15, 0.2) is 18.3 Å². The second kappa shape index (κ2) is 4.83. The summed E-state index contributed by atoms with van der Waals surface area (Å²) in [5.74, 6) is 0.968. The van der Waals surface area contributed by atoms with Gasteiger partial charge < -0.3 is 10.2 Å². The molecule has 0 amide bonds. The molecule has 0 unspecified atom stereocenters. The molecule has 0 spiro atoms. The van der Waals surface area contributed by atoms with Crippen molar-refractivity contribution in [3.05, 3.63) is 18.3 Å². The van der Waals surface area contributed by atoms with Gasteiger partial charge in [-0.05, 0) is 12.1 Å². The summed E-state index contributed by atoms with van der Waals surface area (Å²) in [4.78, 5) is 6.19. The zero-order valence-corrected chi connectivity index (χ0v) is 8.35. The van der Waals surface area contributed by atoms with Gasteiger partial charge in [0.2, 0.25) is 0 Å². The van der Waals surface area contributed by atoms with E-state index >= 15 is 0 Å². The number of hydrogen-bond donors (Lipinski definition) is 1. The molecule has 0 radical (unpaired) electrons. The minimum absolute atomic E-state index is 0. The lowest BCUT2D eigenvalue weighted by atomic mass is 10.4. The molecule has 0 aliphatic carbocycles. The van der Waals surface area contributed by atoms with Crippen LogP contribution >= 0.6 is 12.4 Å². The van der Waals surface area contributed by atoms with Crippen LogP contribution in [-0.4, -0.2) is 26.1 Å². The summed E-state index contributed by atoms with van der Waals surface area (Å²) in [5, 5.41) is 3.07. The quantitative estimate of drug-likeness (QED) is 0.763. The molecule has 1 heterocycles. The summed E-state index contributed by atoms with van der Waals surface area (Å²) in [5.41, 5.74) is 1.05. The molecule has 0 aromatic carbocycles. The highest BCUT2D eigenvalue weighted by molar-refractivity contribution is 5.85. The summed E-state index contributed by atoms with van der Waals surface area (Å²) in [6.45, 7) is 0. The van der Waals surface area contributed by atoms with E-state index in [-0.39, 0.29) is 12.4 Å². The average Bonchev–Trinajstić information content (AvgIpc) is 2.04. The van der Waals surface area contributed by atoms with Gasteiger partial charge in [0, 0.05) is 27.3 Å². The van der Waals surface area contributed by atoms with Gasteiger partial charge in [0.25, 0.3) is 0 Å². The van der Waals surface area contributed by atoms with Crippen molar-refractivity contribution in [2.75, 3.05) is 31.4 Å². The molecule has 68 valence electrons.